The van der Waals surface area contributed by atoms with Crippen LogP contribution in [0.2, 0.25) is 0 Å². The van der Waals surface area contributed by atoms with Gasteiger partial charge in [-0.1, -0.05) is 289 Å². The van der Waals surface area contributed by atoms with Crippen molar-refractivity contribution < 1.29 is 28.6 Å². The Morgan fingerprint density at radius 1 is 0.259 bits per heavy atom. The summed E-state index contributed by atoms with van der Waals surface area (Å²) in [7, 11) is 0. The van der Waals surface area contributed by atoms with Crippen molar-refractivity contribution in [3.05, 3.63) is 146 Å². The third-order valence-corrected chi connectivity index (χ3v) is 13.8. The lowest BCUT2D eigenvalue weighted by atomic mass is 10.0. The second kappa shape index (κ2) is 67.8. The molecular weight excluding hydrogens is 997 g/mol. The molecule has 0 aromatic heterocycles. The molecule has 1 unspecified atom stereocenters. The van der Waals surface area contributed by atoms with Crippen molar-refractivity contribution in [1.82, 2.24) is 0 Å². The molecule has 0 heterocycles. The van der Waals surface area contributed by atoms with E-state index in [4.69, 9.17) is 14.2 Å². The van der Waals surface area contributed by atoms with Gasteiger partial charge in [-0.05, 0) is 128 Å². The maximum atomic E-state index is 12.8. The van der Waals surface area contributed by atoms with E-state index in [0.717, 1.165) is 148 Å². The monoisotopic (exact) mass is 1120 g/mol. The summed E-state index contributed by atoms with van der Waals surface area (Å²) in [6, 6.07) is 0. The normalized spacial score (nSPS) is 13.1. The first kappa shape index (κ1) is 76.3. The van der Waals surface area contributed by atoms with Gasteiger partial charge in [0.25, 0.3) is 0 Å². The third-order valence-electron chi connectivity index (χ3n) is 13.8. The van der Waals surface area contributed by atoms with E-state index >= 15 is 0 Å². The first-order valence-corrected chi connectivity index (χ1v) is 33.3. The van der Waals surface area contributed by atoms with Gasteiger partial charge >= 0.3 is 17.9 Å². The summed E-state index contributed by atoms with van der Waals surface area (Å²) in [5.74, 6) is -0.944. The Balaban J connectivity index is 4.14. The van der Waals surface area contributed by atoms with Crippen molar-refractivity contribution in [1.29, 1.82) is 0 Å². The SMILES string of the molecule is CC/C=C\C/C=C\C/C=C\C/C=C\C/C=C\C/C=C\C/C=C\C/C=C\C/C=C\CCCCCC(=O)OCC(COC(=O)CCCCCCC)OC(=O)CCCCCCCCCCCCCC/C=C\C/C=C\C/C=C\CCCCCCC. The highest BCUT2D eigenvalue weighted by atomic mass is 16.6. The van der Waals surface area contributed by atoms with Gasteiger partial charge in [-0.3, -0.25) is 14.4 Å². The summed E-state index contributed by atoms with van der Waals surface area (Å²) >= 11 is 0. The maximum Gasteiger partial charge on any atom is 0.306 e. The molecule has 0 fully saturated rings. The molecule has 0 saturated carbocycles. The fraction of sp³-hybridized carbons (Fsp3) is 0.640. The summed E-state index contributed by atoms with van der Waals surface area (Å²) in [5.41, 5.74) is 0. The fourth-order valence-corrected chi connectivity index (χ4v) is 8.85. The quantitative estimate of drug-likeness (QED) is 0.0261. The van der Waals surface area contributed by atoms with Gasteiger partial charge in [0.2, 0.25) is 0 Å². The van der Waals surface area contributed by atoms with Crippen LogP contribution in [0.1, 0.15) is 290 Å². The van der Waals surface area contributed by atoms with E-state index in [0.29, 0.717) is 19.3 Å². The molecule has 0 spiro atoms. The number of ether oxygens (including phenoxy) is 3. The maximum absolute atomic E-state index is 12.8. The predicted octanol–water partition coefficient (Wildman–Crippen LogP) is 23.1. The van der Waals surface area contributed by atoms with Crippen LogP contribution >= 0.6 is 0 Å². The molecule has 0 rings (SSSR count). The number of carbonyl (C=O) groups is 3. The predicted molar refractivity (Wildman–Crippen MR) is 352 cm³/mol. The van der Waals surface area contributed by atoms with Gasteiger partial charge in [-0.25, -0.2) is 0 Å². The lowest BCUT2D eigenvalue weighted by molar-refractivity contribution is -0.167. The van der Waals surface area contributed by atoms with Gasteiger partial charge in [0.1, 0.15) is 13.2 Å². The van der Waals surface area contributed by atoms with Crippen LogP contribution in [0.3, 0.4) is 0 Å². The molecule has 0 N–H and O–H groups in total. The van der Waals surface area contributed by atoms with Crippen molar-refractivity contribution in [2.24, 2.45) is 0 Å². The number of carbonyl (C=O) groups excluding carboxylic acids is 3. The van der Waals surface area contributed by atoms with Gasteiger partial charge in [0, 0.05) is 19.3 Å². The van der Waals surface area contributed by atoms with Crippen LogP contribution in [0.5, 0.6) is 0 Å². The molecule has 0 aliphatic heterocycles. The topological polar surface area (TPSA) is 78.9 Å². The van der Waals surface area contributed by atoms with Crippen LogP contribution in [0.25, 0.3) is 0 Å². The first-order chi connectivity index (χ1) is 40.0. The summed E-state index contributed by atoms with van der Waals surface area (Å²) in [5, 5.41) is 0. The highest BCUT2D eigenvalue weighted by Crippen LogP contribution is 2.15. The smallest absolute Gasteiger partial charge is 0.306 e. The molecule has 0 radical (unpaired) electrons. The minimum atomic E-state index is -0.796. The standard InChI is InChI=1S/C75H122O6/c1-4-7-10-13-15-17-19-21-23-25-27-29-31-33-35-36-37-38-40-41-43-45-47-49-51-53-55-57-59-62-65-68-74(77)80-71-72(70-79-73(76)67-64-61-12-9-6-3)81-75(78)69-66-63-60-58-56-54-52-50-48-46-44-42-39-34-32-30-28-26-24-22-20-18-16-14-11-8-5-2/h7,10,15,17,20-23,26-29,32-35,37-38,41,43,47,49,53,55,72H,4-6,8-9,11-14,16,18-19,24-25,30-31,36,39-40,42,44-46,48,50-52,54,56-71H2,1-3H3/b10-7-,17-15-,22-20-,23-21-,28-26-,29-27-,34-32-,35-33-,38-37-,43-41-,49-47-,55-53-. The minimum Gasteiger partial charge on any atom is -0.462 e. The van der Waals surface area contributed by atoms with E-state index in [-0.39, 0.29) is 31.1 Å². The number of hydrogen-bond acceptors (Lipinski definition) is 6. The van der Waals surface area contributed by atoms with Crippen molar-refractivity contribution in [3.8, 4) is 0 Å². The summed E-state index contributed by atoms with van der Waals surface area (Å²) < 4.78 is 16.8. The number of esters is 3. The molecular formula is C75H122O6. The Morgan fingerprint density at radius 2 is 0.481 bits per heavy atom. The summed E-state index contributed by atoms with van der Waals surface area (Å²) in [6.45, 7) is 6.40. The Hall–Kier alpha value is -4.71. The van der Waals surface area contributed by atoms with Gasteiger partial charge in [-0.2, -0.15) is 0 Å². The van der Waals surface area contributed by atoms with Crippen molar-refractivity contribution in [2.75, 3.05) is 13.2 Å². The molecule has 0 aliphatic rings. The van der Waals surface area contributed by atoms with E-state index in [1.807, 2.05) is 0 Å². The Kier molecular flexibility index (Phi) is 63.9. The van der Waals surface area contributed by atoms with Crippen LogP contribution in [0, 0.1) is 0 Å². The van der Waals surface area contributed by atoms with E-state index in [1.165, 1.54) is 103 Å². The number of rotatable bonds is 59. The molecule has 458 valence electrons. The van der Waals surface area contributed by atoms with E-state index in [9.17, 15) is 14.4 Å². The number of allylic oxidation sites excluding steroid dienone is 24. The van der Waals surface area contributed by atoms with Crippen molar-refractivity contribution in [2.45, 2.75) is 297 Å². The van der Waals surface area contributed by atoms with Crippen molar-refractivity contribution >= 4 is 17.9 Å². The van der Waals surface area contributed by atoms with E-state index in [2.05, 4.69) is 167 Å². The second-order valence-corrected chi connectivity index (χ2v) is 21.6. The van der Waals surface area contributed by atoms with Gasteiger partial charge in [0.15, 0.2) is 6.10 Å². The average Bonchev–Trinajstić information content (AvgIpc) is 3.47. The average molecular weight is 1120 g/mol. The summed E-state index contributed by atoms with van der Waals surface area (Å²) in [6.07, 6.45) is 97.7. The van der Waals surface area contributed by atoms with Gasteiger partial charge in [-0.15, -0.1) is 0 Å². The second-order valence-electron chi connectivity index (χ2n) is 21.6. The third kappa shape index (κ3) is 66.0. The van der Waals surface area contributed by atoms with E-state index in [1.54, 1.807) is 0 Å². The molecule has 0 aromatic rings. The molecule has 0 saturated heterocycles. The van der Waals surface area contributed by atoms with Gasteiger partial charge < -0.3 is 14.2 Å². The molecule has 0 aromatic carbocycles. The fourth-order valence-electron chi connectivity index (χ4n) is 8.85. The Bertz CT molecular complexity index is 1760. The largest absolute Gasteiger partial charge is 0.462 e. The molecule has 1 atom stereocenters. The zero-order valence-electron chi connectivity index (χ0n) is 52.5. The number of hydrogen-bond donors (Lipinski definition) is 0. The first-order valence-electron chi connectivity index (χ1n) is 33.3. The molecule has 0 amide bonds. The van der Waals surface area contributed by atoms with Crippen molar-refractivity contribution in [3.63, 3.8) is 0 Å². The Labute approximate surface area is 499 Å². The Morgan fingerprint density at radius 3 is 0.765 bits per heavy atom. The molecule has 81 heavy (non-hydrogen) atoms. The zero-order valence-corrected chi connectivity index (χ0v) is 52.5. The number of unbranched alkanes of at least 4 members (excludes halogenated alkanes) is 24. The van der Waals surface area contributed by atoms with E-state index < -0.39 is 6.10 Å². The highest BCUT2D eigenvalue weighted by molar-refractivity contribution is 5.71. The van der Waals surface area contributed by atoms with Gasteiger partial charge in [0.05, 0.1) is 0 Å². The molecule has 6 nitrogen and oxygen atoms in total. The molecule has 0 aliphatic carbocycles. The molecule has 6 heteroatoms. The van der Waals surface area contributed by atoms with Crippen LogP contribution in [-0.4, -0.2) is 37.2 Å². The molecule has 0 bridgehead atoms. The van der Waals surface area contributed by atoms with Crippen LogP contribution in [0.4, 0.5) is 0 Å². The minimum absolute atomic E-state index is 0.0938. The van der Waals surface area contributed by atoms with Crippen LogP contribution < -0.4 is 0 Å². The summed E-state index contributed by atoms with van der Waals surface area (Å²) in [4.78, 5) is 38.0. The van der Waals surface area contributed by atoms with Crippen LogP contribution in [0.15, 0.2) is 146 Å². The van der Waals surface area contributed by atoms with Crippen LogP contribution in [-0.2, 0) is 28.6 Å². The zero-order chi connectivity index (χ0) is 58.5. The highest BCUT2D eigenvalue weighted by Gasteiger charge is 2.19. The lowest BCUT2D eigenvalue weighted by Crippen LogP contribution is -2.30. The lowest BCUT2D eigenvalue weighted by Gasteiger charge is -2.18.